The Morgan fingerprint density at radius 3 is 2.47 bits per heavy atom. The van der Waals surface area contributed by atoms with Gasteiger partial charge in [-0.25, -0.2) is 8.78 Å². The third kappa shape index (κ3) is 7.04. The average Bonchev–Trinajstić information content (AvgIpc) is 2.70. The van der Waals surface area contributed by atoms with Gasteiger partial charge in [0.15, 0.2) is 0 Å². The topological polar surface area (TPSA) is 41.1 Å². The molecule has 1 aliphatic carbocycles. The largest absolute Gasteiger partial charge is 0.352 e. The van der Waals surface area contributed by atoms with Crippen LogP contribution in [-0.4, -0.2) is 23.7 Å². The number of rotatable bonds is 9. The maximum absolute atomic E-state index is 13.6. The van der Waals surface area contributed by atoms with Crippen LogP contribution in [0.15, 0.2) is 36.4 Å². The number of nitrogens with one attached hydrogen (secondary N) is 2. The normalized spacial score (nSPS) is 17.7. The quantitative estimate of drug-likeness (QED) is 0.452. The Hall–Kier alpha value is -1.92. The summed E-state index contributed by atoms with van der Waals surface area (Å²) in [5, 5.41) is 6.34. The van der Waals surface area contributed by atoms with Crippen molar-refractivity contribution >= 4 is 18.5 Å². The van der Waals surface area contributed by atoms with Crippen molar-refractivity contribution in [3.05, 3.63) is 70.3 Å². The van der Waals surface area contributed by atoms with Crippen LogP contribution in [0.25, 0.3) is 0 Å². The summed E-state index contributed by atoms with van der Waals surface area (Å²) < 4.78 is 27.3. The molecule has 2 N–H and O–H groups in total. The van der Waals surface area contributed by atoms with Gasteiger partial charge in [0, 0.05) is 36.9 Å². The average molecular weight is 461 g/mol. The maximum Gasteiger partial charge on any atom is 0.217 e. The van der Waals surface area contributed by atoms with E-state index in [0.29, 0.717) is 24.4 Å². The SMILES string of the molecule is CC(=O)NC(Cc1cc(F)cc(F)c1)C(S)CNC1CCCc2ccc(CC(C)C)cc21. The Labute approximate surface area is 195 Å². The molecule has 0 saturated carbocycles. The van der Waals surface area contributed by atoms with Gasteiger partial charge in [0.2, 0.25) is 5.91 Å². The number of aryl methyl sites for hydroxylation is 1. The molecule has 2 aromatic rings. The van der Waals surface area contributed by atoms with Gasteiger partial charge in [-0.1, -0.05) is 32.0 Å². The zero-order valence-corrected chi connectivity index (χ0v) is 20.0. The molecule has 6 heteroatoms. The summed E-state index contributed by atoms with van der Waals surface area (Å²) in [7, 11) is 0. The fraction of sp³-hybridized carbons (Fsp3) is 0.500. The Morgan fingerprint density at radius 1 is 1.09 bits per heavy atom. The van der Waals surface area contributed by atoms with Crippen LogP contribution in [-0.2, 0) is 24.1 Å². The van der Waals surface area contributed by atoms with Gasteiger partial charge in [-0.2, -0.15) is 12.6 Å². The number of halogens is 2. The molecule has 0 bridgehead atoms. The lowest BCUT2D eigenvalue weighted by atomic mass is 9.85. The van der Waals surface area contributed by atoms with Gasteiger partial charge in [0.1, 0.15) is 11.6 Å². The summed E-state index contributed by atoms with van der Waals surface area (Å²) in [6, 6.07) is 10.2. The number of hydrogen-bond acceptors (Lipinski definition) is 3. The highest BCUT2D eigenvalue weighted by Gasteiger charge is 2.24. The predicted octanol–water partition coefficient (Wildman–Crippen LogP) is 5.18. The molecular weight excluding hydrogens is 426 g/mol. The first-order valence-electron chi connectivity index (χ1n) is 11.5. The van der Waals surface area contributed by atoms with E-state index in [9.17, 15) is 13.6 Å². The van der Waals surface area contributed by atoms with Gasteiger partial charge >= 0.3 is 0 Å². The molecule has 0 saturated heterocycles. The fourth-order valence-corrected chi connectivity index (χ4v) is 4.88. The fourth-order valence-electron chi connectivity index (χ4n) is 4.59. The van der Waals surface area contributed by atoms with Crippen LogP contribution >= 0.6 is 12.6 Å². The van der Waals surface area contributed by atoms with Crippen LogP contribution in [0, 0.1) is 17.6 Å². The number of amides is 1. The molecule has 0 fully saturated rings. The smallest absolute Gasteiger partial charge is 0.217 e. The van der Waals surface area contributed by atoms with Crippen molar-refractivity contribution in [2.24, 2.45) is 5.92 Å². The molecule has 32 heavy (non-hydrogen) atoms. The van der Waals surface area contributed by atoms with Gasteiger partial charge in [-0.3, -0.25) is 4.79 Å². The number of thiol groups is 1. The Bertz CT molecular complexity index is 914. The molecule has 3 nitrogen and oxygen atoms in total. The van der Waals surface area contributed by atoms with E-state index in [-0.39, 0.29) is 23.2 Å². The minimum Gasteiger partial charge on any atom is -0.352 e. The highest BCUT2D eigenvalue weighted by atomic mass is 32.1. The first kappa shape index (κ1) is 24.7. The van der Waals surface area contributed by atoms with Crippen LogP contribution in [0.1, 0.15) is 61.9 Å². The third-order valence-corrected chi connectivity index (χ3v) is 6.52. The first-order chi connectivity index (χ1) is 15.2. The van der Waals surface area contributed by atoms with Crippen LogP contribution in [0.5, 0.6) is 0 Å². The van der Waals surface area contributed by atoms with Crippen molar-refractivity contribution in [2.45, 2.75) is 70.2 Å². The molecule has 2 aromatic carbocycles. The van der Waals surface area contributed by atoms with Gasteiger partial charge in [0.05, 0.1) is 0 Å². The van der Waals surface area contributed by atoms with Gasteiger partial charge < -0.3 is 10.6 Å². The molecule has 3 rings (SSSR count). The van der Waals surface area contributed by atoms with Crippen LogP contribution in [0.2, 0.25) is 0 Å². The Balaban J connectivity index is 1.69. The number of carbonyl (C=O) groups excluding carboxylic acids is 1. The molecule has 174 valence electrons. The maximum atomic E-state index is 13.6. The van der Waals surface area contributed by atoms with Crippen molar-refractivity contribution in [3.63, 3.8) is 0 Å². The Morgan fingerprint density at radius 2 is 1.81 bits per heavy atom. The van der Waals surface area contributed by atoms with Crippen LogP contribution < -0.4 is 10.6 Å². The number of carbonyl (C=O) groups is 1. The summed E-state index contributed by atoms with van der Waals surface area (Å²) in [4.78, 5) is 11.8. The van der Waals surface area contributed by atoms with E-state index in [1.165, 1.54) is 35.7 Å². The second kappa shape index (κ2) is 11.3. The summed E-state index contributed by atoms with van der Waals surface area (Å²) in [5.74, 6) is -0.818. The molecule has 1 aliphatic rings. The Kier molecular flexibility index (Phi) is 8.72. The highest BCUT2D eigenvalue weighted by molar-refractivity contribution is 7.81. The van der Waals surface area contributed by atoms with Gasteiger partial charge in [-0.05, 0) is 72.4 Å². The molecule has 0 aliphatic heterocycles. The minimum atomic E-state index is -0.619. The minimum absolute atomic E-state index is 0.188. The van der Waals surface area contributed by atoms with E-state index in [0.717, 1.165) is 31.7 Å². The molecule has 1 amide bonds. The van der Waals surface area contributed by atoms with E-state index < -0.39 is 11.6 Å². The summed E-state index contributed by atoms with van der Waals surface area (Å²) in [6.45, 7) is 6.48. The highest BCUT2D eigenvalue weighted by Crippen LogP contribution is 2.31. The lowest BCUT2D eigenvalue weighted by molar-refractivity contribution is -0.119. The summed E-state index contributed by atoms with van der Waals surface area (Å²) in [6.07, 6.45) is 4.65. The predicted molar refractivity (Wildman–Crippen MR) is 129 cm³/mol. The third-order valence-electron chi connectivity index (χ3n) is 5.97. The van der Waals surface area contributed by atoms with E-state index in [4.69, 9.17) is 12.6 Å². The molecule has 3 unspecified atom stereocenters. The van der Waals surface area contributed by atoms with Crippen molar-refractivity contribution < 1.29 is 13.6 Å². The van der Waals surface area contributed by atoms with E-state index >= 15 is 0 Å². The number of fused-ring (bicyclic) bond motifs is 1. The second-order valence-electron chi connectivity index (χ2n) is 9.34. The van der Waals surface area contributed by atoms with Crippen molar-refractivity contribution in [3.8, 4) is 0 Å². The second-order valence-corrected chi connectivity index (χ2v) is 10.0. The zero-order valence-electron chi connectivity index (χ0n) is 19.1. The van der Waals surface area contributed by atoms with E-state index in [2.05, 4.69) is 42.7 Å². The van der Waals surface area contributed by atoms with Crippen molar-refractivity contribution in [1.29, 1.82) is 0 Å². The summed E-state index contributed by atoms with van der Waals surface area (Å²) >= 11 is 4.75. The standard InChI is InChI=1S/C26H34F2N2OS/c1-16(2)9-18-7-8-20-5-4-6-24(23(20)12-18)29-15-26(32)25(30-17(3)31)13-19-10-21(27)14-22(28)11-19/h7-8,10-12,14,16,24-26,29,32H,4-6,9,13,15H2,1-3H3,(H,30,31). The van der Waals surface area contributed by atoms with Crippen molar-refractivity contribution in [2.75, 3.05) is 6.54 Å². The molecular formula is C26H34F2N2OS. The van der Waals surface area contributed by atoms with Crippen molar-refractivity contribution in [1.82, 2.24) is 10.6 Å². The summed E-state index contributed by atoms with van der Waals surface area (Å²) in [5.41, 5.74) is 4.62. The number of benzene rings is 2. The van der Waals surface area contributed by atoms with E-state index in [1.54, 1.807) is 0 Å². The first-order valence-corrected chi connectivity index (χ1v) is 12.0. The molecule has 0 radical (unpaired) electrons. The lowest BCUT2D eigenvalue weighted by Crippen LogP contribution is -2.46. The van der Waals surface area contributed by atoms with Crippen LogP contribution in [0.4, 0.5) is 8.78 Å². The van der Waals surface area contributed by atoms with Gasteiger partial charge in [0.25, 0.3) is 0 Å². The number of hydrogen-bond donors (Lipinski definition) is 3. The molecule has 3 atom stereocenters. The molecule has 0 spiro atoms. The zero-order chi connectivity index (χ0) is 23.3. The van der Waals surface area contributed by atoms with Crippen LogP contribution in [0.3, 0.4) is 0 Å². The lowest BCUT2D eigenvalue weighted by Gasteiger charge is -2.30. The molecule has 0 heterocycles. The van der Waals surface area contributed by atoms with E-state index in [1.807, 2.05) is 0 Å². The van der Waals surface area contributed by atoms with Gasteiger partial charge in [-0.15, -0.1) is 0 Å². The molecule has 0 aromatic heterocycles. The monoisotopic (exact) mass is 460 g/mol.